The molecule has 1 saturated carbocycles. The summed E-state index contributed by atoms with van der Waals surface area (Å²) in [5.74, 6) is 0.545. The van der Waals surface area contributed by atoms with Gasteiger partial charge in [-0.25, -0.2) is 4.39 Å². The lowest BCUT2D eigenvalue weighted by atomic mass is 9.58. The molecule has 1 N–H and O–H groups in total. The number of nitrogens with one attached hydrogen (secondary N) is 1. The summed E-state index contributed by atoms with van der Waals surface area (Å²) >= 11 is 0. The van der Waals surface area contributed by atoms with Crippen molar-refractivity contribution in [3.8, 4) is 5.75 Å². The molecule has 0 aromatic heterocycles. The number of hydrogen-bond acceptors (Lipinski definition) is 2. The van der Waals surface area contributed by atoms with Crippen LogP contribution in [0.5, 0.6) is 5.75 Å². The van der Waals surface area contributed by atoms with Gasteiger partial charge >= 0.3 is 0 Å². The van der Waals surface area contributed by atoms with Gasteiger partial charge in [0.25, 0.3) is 0 Å². The molecule has 0 radical (unpaired) electrons. The van der Waals surface area contributed by atoms with Crippen LogP contribution in [-0.2, 0) is 0 Å². The molecule has 2 atom stereocenters. The Hall–Kier alpha value is -1.09. The monoisotopic (exact) mass is 251 g/mol. The first-order chi connectivity index (χ1) is 8.66. The number of ether oxygens (including phenoxy) is 1. The number of hydrogen-bond donors (Lipinski definition) is 1. The zero-order valence-electron chi connectivity index (χ0n) is 11.4. The third-order valence-corrected chi connectivity index (χ3v) is 4.54. The van der Waals surface area contributed by atoms with Gasteiger partial charge in [0.05, 0.1) is 0 Å². The van der Waals surface area contributed by atoms with Gasteiger partial charge in [0.1, 0.15) is 17.7 Å². The lowest BCUT2D eigenvalue weighted by molar-refractivity contribution is -0.0836. The minimum Gasteiger partial charge on any atom is -0.490 e. The fourth-order valence-electron chi connectivity index (χ4n) is 3.19. The Morgan fingerprint density at radius 3 is 2.39 bits per heavy atom. The van der Waals surface area contributed by atoms with Gasteiger partial charge < -0.3 is 10.1 Å². The Morgan fingerprint density at radius 2 is 1.89 bits per heavy atom. The van der Waals surface area contributed by atoms with Crippen LogP contribution in [0.15, 0.2) is 24.3 Å². The molecule has 1 aliphatic rings. The van der Waals surface area contributed by atoms with Crippen molar-refractivity contribution in [2.45, 2.75) is 45.3 Å². The number of benzene rings is 1. The van der Waals surface area contributed by atoms with Crippen LogP contribution in [0, 0.1) is 11.2 Å². The Bertz CT molecular complexity index is 386. The predicted octanol–water partition coefficient (Wildman–Crippen LogP) is 3.37. The predicted molar refractivity (Wildman–Crippen MR) is 71.3 cm³/mol. The molecule has 1 aromatic carbocycles. The van der Waals surface area contributed by atoms with E-state index in [-0.39, 0.29) is 17.3 Å². The zero-order valence-corrected chi connectivity index (χ0v) is 11.4. The van der Waals surface area contributed by atoms with Gasteiger partial charge in [-0.05, 0) is 44.2 Å². The molecule has 0 heterocycles. The van der Waals surface area contributed by atoms with E-state index in [1.54, 1.807) is 12.1 Å². The van der Waals surface area contributed by atoms with E-state index in [2.05, 4.69) is 19.2 Å². The van der Waals surface area contributed by atoms with Crippen LogP contribution in [0.4, 0.5) is 4.39 Å². The van der Waals surface area contributed by atoms with E-state index in [1.807, 2.05) is 7.05 Å². The van der Waals surface area contributed by atoms with E-state index >= 15 is 0 Å². The molecule has 0 amide bonds. The quantitative estimate of drug-likeness (QED) is 0.866. The molecule has 2 nitrogen and oxygen atoms in total. The molecule has 0 aliphatic heterocycles. The van der Waals surface area contributed by atoms with Crippen LogP contribution in [-0.4, -0.2) is 19.2 Å². The molecule has 3 heteroatoms. The Morgan fingerprint density at radius 1 is 1.28 bits per heavy atom. The summed E-state index contributed by atoms with van der Waals surface area (Å²) in [5, 5.41) is 3.38. The van der Waals surface area contributed by atoms with Crippen LogP contribution in [0.3, 0.4) is 0 Å². The molecule has 2 unspecified atom stereocenters. The van der Waals surface area contributed by atoms with Crippen molar-refractivity contribution in [1.82, 2.24) is 5.32 Å². The van der Waals surface area contributed by atoms with E-state index < -0.39 is 0 Å². The maximum atomic E-state index is 12.9. The summed E-state index contributed by atoms with van der Waals surface area (Å²) in [6.07, 6.45) is 3.45. The van der Waals surface area contributed by atoms with E-state index in [0.717, 1.165) is 25.0 Å². The van der Waals surface area contributed by atoms with Crippen molar-refractivity contribution in [2.75, 3.05) is 7.05 Å². The molecular formula is C15H22FNO. The van der Waals surface area contributed by atoms with E-state index in [1.165, 1.54) is 12.1 Å². The van der Waals surface area contributed by atoms with Gasteiger partial charge in [0.2, 0.25) is 0 Å². The van der Waals surface area contributed by atoms with Crippen molar-refractivity contribution in [1.29, 1.82) is 0 Å². The van der Waals surface area contributed by atoms with E-state index in [0.29, 0.717) is 6.04 Å². The van der Waals surface area contributed by atoms with Crippen molar-refractivity contribution in [3.63, 3.8) is 0 Å². The molecule has 0 bridgehead atoms. The molecular weight excluding hydrogens is 229 g/mol. The van der Waals surface area contributed by atoms with Gasteiger partial charge in [0, 0.05) is 17.9 Å². The molecule has 1 aromatic rings. The molecule has 100 valence electrons. The number of rotatable bonds is 5. The molecule has 1 aliphatic carbocycles. The highest BCUT2D eigenvalue weighted by Crippen LogP contribution is 2.48. The summed E-state index contributed by atoms with van der Waals surface area (Å²) in [7, 11) is 2.01. The first-order valence-corrected chi connectivity index (χ1v) is 6.75. The zero-order chi connectivity index (χ0) is 13.2. The second-order valence-electron chi connectivity index (χ2n) is 5.08. The van der Waals surface area contributed by atoms with Crippen LogP contribution < -0.4 is 10.1 Å². The lowest BCUT2D eigenvalue weighted by Gasteiger charge is -2.55. The molecule has 18 heavy (non-hydrogen) atoms. The second kappa shape index (κ2) is 5.27. The van der Waals surface area contributed by atoms with Gasteiger partial charge in [0.15, 0.2) is 0 Å². The highest BCUT2D eigenvalue weighted by molar-refractivity contribution is 5.24. The van der Waals surface area contributed by atoms with Gasteiger partial charge in [-0.1, -0.05) is 13.8 Å². The summed E-state index contributed by atoms with van der Waals surface area (Å²) in [6.45, 7) is 4.43. The third kappa shape index (κ3) is 2.12. The van der Waals surface area contributed by atoms with Crippen LogP contribution in [0.2, 0.25) is 0 Å². The molecule has 0 saturated heterocycles. The smallest absolute Gasteiger partial charge is 0.123 e. The highest BCUT2D eigenvalue weighted by atomic mass is 19.1. The lowest BCUT2D eigenvalue weighted by Crippen LogP contribution is -2.63. The average molecular weight is 251 g/mol. The topological polar surface area (TPSA) is 21.3 Å². The highest BCUT2D eigenvalue weighted by Gasteiger charge is 2.53. The largest absolute Gasteiger partial charge is 0.490 e. The molecule has 0 spiro atoms. The van der Waals surface area contributed by atoms with Crippen molar-refractivity contribution < 1.29 is 9.13 Å². The Labute approximate surface area is 109 Å². The van der Waals surface area contributed by atoms with Crippen molar-refractivity contribution >= 4 is 0 Å². The van der Waals surface area contributed by atoms with Crippen LogP contribution in [0.25, 0.3) is 0 Å². The minimum atomic E-state index is -0.221. The van der Waals surface area contributed by atoms with Crippen molar-refractivity contribution in [2.24, 2.45) is 5.41 Å². The standard InChI is InChI=1S/C15H22FNO/c1-4-15(5-2)13(17-3)10-14(15)18-12-8-6-11(16)7-9-12/h6-9,13-14,17H,4-5,10H2,1-3H3. The van der Waals surface area contributed by atoms with Crippen LogP contribution in [0.1, 0.15) is 33.1 Å². The van der Waals surface area contributed by atoms with E-state index in [9.17, 15) is 4.39 Å². The maximum absolute atomic E-state index is 12.9. The first-order valence-electron chi connectivity index (χ1n) is 6.75. The molecule has 1 fully saturated rings. The van der Waals surface area contributed by atoms with Crippen LogP contribution >= 0.6 is 0 Å². The Kier molecular flexibility index (Phi) is 3.91. The SMILES string of the molecule is CCC1(CC)C(NC)CC1Oc1ccc(F)cc1. The normalized spacial score (nSPS) is 25.6. The third-order valence-electron chi connectivity index (χ3n) is 4.54. The average Bonchev–Trinajstić information content (AvgIpc) is 2.38. The maximum Gasteiger partial charge on any atom is 0.123 e. The van der Waals surface area contributed by atoms with Gasteiger partial charge in [-0.3, -0.25) is 0 Å². The van der Waals surface area contributed by atoms with Gasteiger partial charge in [-0.15, -0.1) is 0 Å². The van der Waals surface area contributed by atoms with Gasteiger partial charge in [-0.2, -0.15) is 0 Å². The Balaban J connectivity index is 2.08. The second-order valence-corrected chi connectivity index (χ2v) is 5.08. The fraction of sp³-hybridized carbons (Fsp3) is 0.600. The van der Waals surface area contributed by atoms with E-state index in [4.69, 9.17) is 4.74 Å². The summed E-state index contributed by atoms with van der Waals surface area (Å²) in [5.41, 5.74) is 0.211. The molecule has 2 rings (SSSR count). The van der Waals surface area contributed by atoms with Crippen molar-refractivity contribution in [3.05, 3.63) is 30.1 Å². The first kappa shape index (κ1) is 13.3. The summed E-state index contributed by atoms with van der Waals surface area (Å²) in [6, 6.07) is 6.83. The number of halogens is 1. The summed E-state index contributed by atoms with van der Waals surface area (Å²) < 4.78 is 18.9. The minimum absolute atomic E-state index is 0.211. The fourth-order valence-corrected chi connectivity index (χ4v) is 3.19. The summed E-state index contributed by atoms with van der Waals surface area (Å²) in [4.78, 5) is 0.